The zero-order valence-corrected chi connectivity index (χ0v) is 23.5. The van der Waals surface area contributed by atoms with Crippen molar-refractivity contribution in [3.8, 4) is 0 Å². The first-order valence-electron chi connectivity index (χ1n) is 13.4. The molecule has 1 fully saturated rings. The van der Waals surface area contributed by atoms with Gasteiger partial charge in [-0.2, -0.15) is 0 Å². The Morgan fingerprint density at radius 3 is 2.07 bits per heavy atom. The predicted molar refractivity (Wildman–Crippen MR) is 162 cm³/mol. The summed E-state index contributed by atoms with van der Waals surface area (Å²) in [6.07, 6.45) is 2.02. The number of rotatable bonds is 4. The van der Waals surface area contributed by atoms with Crippen molar-refractivity contribution >= 4 is 57.6 Å². The van der Waals surface area contributed by atoms with Crippen LogP contribution in [-0.2, 0) is 10.2 Å². The molecule has 1 spiro atoms. The third kappa shape index (κ3) is 3.52. The van der Waals surface area contributed by atoms with Gasteiger partial charge in [0.2, 0.25) is 5.91 Å². The molecule has 0 unspecified atom stereocenters. The molecule has 0 aromatic heterocycles. The molecule has 3 aliphatic heterocycles. The number of ketones is 2. The number of fused-ring (bicyclic) bond motifs is 6. The maximum atomic E-state index is 14.9. The summed E-state index contributed by atoms with van der Waals surface area (Å²) in [6.45, 7) is 2.00. The zero-order chi connectivity index (χ0) is 28.5. The second-order valence-electron chi connectivity index (χ2n) is 10.7. The number of hydrogen-bond acceptors (Lipinski definition) is 4. The number of Topliss-reactive ketones (excluding diaryl/α,β-unsaturated/α-hetero) is 2. The van der Waals surface area contributed by atoms with Gasteiger partial charge in [0.1, 0.15) is 11.5 Å². The van der Waals surface area contributed by atoms with E-state index in [9.17, 15) is 14.4 Å². The molecule has 0 radical (unpaired) electrons. The molecule has 3 aliphatic rings. The number of hydrogen-bond donors (Lipinski definition) is 1. The third-order valence-corrected chi connectivity index (χ3v) is 9.37. The molecule has 7 heteroatoms. The molecule has 4 atom stereocenters. The van der Waals surface area contributed by atoms with Gasteiger partial charge in [0.25, 0.3) is 0 Å². The van der Waals surface area contributed by atoms with Crippen molar-refractivity contribution in [3.05, 3.63) is 135 Å². The van der Waals surface area contributed by atoms with Crippen molar-refractivity contribution in [1.82, 2.24) is 0 Å². The summed E-state index contributed by atoms with van der Waals surface area (Å²) in [5.74, 6) is -2.14. The van der Waals surface area contributed by atoms with Crippen LogP contribution in [-0.4, -0.2) is 29.6 Å². The van der Waals surface area contributed by atoms with E-state index in [1.807, 2.05) is 66.4 Å². The number of anilines is 2. The maximum absolute atomic E-state index is 14.9. The molecule has 1 amide bonds. The fraction of sp³-hybridized carbons (Fsp3) is 0.147. The molecular weight excluding hydrogens is 555 g/mol. The lowest BCUT2D eigenvalue weighted by atomic mass is 9.64. The summed E-state index contributed by atoms with van der Waals surface area (Å²) in [6, 6.07) is 27.1. The number of allylic oxidation sites excluding steroid dienone is 1. The molecule has 4 aromatic rings. The molecule has 0 bridgehead atoms. The number of carbonyl (C=O) groups is 3. The average molecular weight is 579 g/mol. The topological polar surface area (TPSA) is 66.5 Å². The van der Waals surface area contributed by atoms with Gasteiger partial charge in [-0.05, 0) is 54.5 Å². The lowest BCUT2D eigenvalue weighted by Crippen LogP contribution is -2.51. The van der Waals surface area contributed by atoms with Crippen LogP contribution in [0, 0.1) is 5.92 Å². The maximum Gasteiger partial charge on any atom is 0.238 e. The highest BCUT2D eigenvalue weighted by Crippen LogP contribution is 2.59. The van der Waals surface area contributed by atoms with E-state index in [0.29, 0.717) is 16.8 Å². The summed E-state index contributed by atoms with van der Waals surface area (Å²) < 4.78 is 0. The SMILES string of the molecule is CC1=C[C@@H]2N(c3ccccc31)[C@@H](C(=O)c1ccccc1Cl)[C@@H](C(=O)c1ccccc1Cl)[C@]21C(=O)Nc2ccccc21. The monoisotopic (exact) mass is 578 g/mol. The number of halogens is 2. The van der Waals surface area contributed by atoms with Gasteiger partial charge in [0.15, 0.2) is 11.6 Å². The van der Waals surface area contributed by atoms with Gasteiger partial charge in [-0.25, -0.2) is 0 Å². The van der Waals surface area contributed by atoms with E-state index in [-0.39, 0.29) is 33.1 Å². The number of nitrogens with one attached hydrogen (secondary N) is 1. The smallest absolute Gasteiger partial charge is 0.238 e. The first-order chi connectivity index (χ1) is 19.9. The Morgan fingerprint density at radius 2 is 1.37 bits per heavy atom. The minimum absolute atomic E-state index is 0.264. The fourth-order valence-electron chi connectivity index (χ4n) is 7.04. The largest absolute Gasteiger partial charge is 0.352 e. The third-order valence-electron chi connectivity index (χ3n) is 8.71. The van der Waals surface area contributed by atoms with Crippen LogP contribution < -0.4 is 10.2 Å². The Bertz CT molecular complexity index is 1820. The van der Waals surface area contributed by atoms with Gasteiger partial charge in [0.05, 0.1) is 22.0 Å². The van der Waals surface area contributed by atoms with Crippen LogP contribution in [0.4, 0.5) is 11.4 Å². The summed E-state index contributed by atoms with van der Waals surface area (Å²) >= 11 is 13.2. The summed E-state index contributed by atoms with van der Waals surface area (Å²) in [4.78, 5) is 46.0. The Morgan fingerprint density at radius 1 is 0.780 bits per heavy atom. The summed E-state index contributed by atoms with van der Waals surface area (Å²) in [5.41, 5.74) is 3.15. The predicted octanol–water partition coefficient (Wildman–Crippen LogP) is 7.24. The Labute approximate surface area is 247 Å². The molecular formula is C34H24Cl2N2O3. The van der Waals surface area contributed by atoms with Crippen molar-refractivity contribution in [2.75, 3.05) is 10.2 Å². The highest BCUT2D eigenvalue weighted by molar-refractivity contribution is 6.36. The number of carbonyl (C=O) groups excluding carboxylic acids is 3. The van der Waals surface area contributed by atoms with E-state index in [4.69, 9.17) is 23.2 Å². The van der Waals surface area contributed by atoms with Crippen molar-refractivity contribution in [2.45, 2.75) is 24.4 Å². The minimum atomic E-state index is -1.41. The normalized spacial score (nSPS) is 23.9. The Hall–Kier alpha value is -4.19. The van der Waals surface area contributed by atoms with Crippen LogP contribution in [0.1, 0.15) is 38.8 Å². The zero-order valence-electron chi connectivity index (χ0n) is 22.0. The molecule has 1 N–H and O–H groups in total. The quantitative estimate of drug-likeness (QED) is 0.259. The minimum Gasteiger partial charge on any atom is -0.352 e. The van der Waals surface area contributed by atoms with E-state index in [1.54, 1.807) is 48.5 Å². The average Bonchev–Trinajstić information content (AvgIpc) is 3.45. The molecule has 7 rings (SSSR count). The van der Waals surface area contributed by atoms with Gasteiger partial charge >= 0.3 is 0 Å². The van der Waals surface area contributed by atoms with Crippen LogP contribution >= 0.6 is 23.2 Å². The van der Waals surface area contributed by atoms with Crippen molar-refractivity contribution in [1.29, 1.82) is 0 Å². The van der Waals surface area contributed by atoms with Gasteiger partial charge < -0.3 is 10.2 Å². The Kier molecular flexibility index (Phi) is 5.93. The van der Waals surface area contributed by atoms with Crippen LogP contribution in [0.15, 0.2) is 103 Å². The second kappa shape index (κ2) is 9.44. The molecule has 41 heavy (non-hydrogen) atoms. The lowest BCUT2D eigenvalue weighted by Gasteiger charge is -2.39. The fourth-order valence-corrected chi connectivity index (χ4v) is 7.49. The van der Waals surface area contributed by atoms with Crippen LogP contribution in [0.2, 0.25) is 10.0 Å². The van der Waals surface area contributed by atoms with E-state index in [0.717, 1.165) is 16.8 Å². The molecule has 0 saturated carbocycles. The summed E-state index contributed by atoms with van der Waals surface area (Å²) in [5, 5.41) is 3.59. The van der Waals surface area contributed by atoms with Crippen LogP contribution in [0.25, 0.3) is 5.57 Å². The van der Waals surface area contributed by atoms with Gasteiger partial charge in [-0.1, -0.05) is 89.9 Å². The molecule has 4 aromatic carbocycles. The molecule has 1 saturated heterocycles. The highest BCUT2D eigenvalue weighted by atomic mass is 35.5. The lowest BCUT2D eigenvalue weighted by molar-refractivity contribution is -0.121. The van der Waals surface area contributed by atoms with Crippen molar-refractivity contribution < 1.29 is 14.4 Å². The van der Waals surface area contributed by atoms with Gasteiger partial charge in [-0.15, -0.1) is 0 Å². The van der Waals surface area contributed by atoms with E-state index in [1.165, 1.54) is 0 Å². The number of benzene rings is 4. The number of para-hydroxylation sites is 2. The van der Waals surface area contributed by atoms with Crippen LogP contribution in [0.3, 0.4) is 0 Å². The highest BCUT2D eigenvalue weighted by Gasteiger charge is 2.70. The van der Waals surface area contributed by atoms with Crippen molar-refractivity contribution in [2.24, 2.45) is 5.92 Å². The molecule has 5 nitrogen and oxygen atoms in total. The second-order valence-corrected chi connectivity index (χ2v) is 11.5. The summed E-state index contributed by atoms with van der Waals surface area (Å²) in [7, 11) is 0. The number of amides is 1. The van der Waals surface area contributed by atoms with Gasteiger partial charge in [0, 0.05) is 28.1 Å². The first kappa shape index (κ1) is 25.8. The first-order valence-corrected chi connectivity index (χ1v) is 14.2. The molecule has 3 heterocycles. The van der Waals surface area contributed by atoms with Gasteiger partial charge in [-0.3, -0.25) is 14.4 Å². The van der Waals surface area contributed by atoms with E-state index in [2.05, 4.69) is 5.32 Å². The molecule has 0 aliphatic carbocycles. The van der Waals surface area contributed by atoms with Crippen LogP contribution in [0.5, 0.6) is 0 Å². The van der Waals surface area contributed by atoms with E-state index >= 15 is 0 Å². The molecule has 202 valence electrons. The standard InChI is InChI=1S/C34H24Cl2N2O3/c1-19-18-28-34(23-13-5-8-16-26(23)37-33(34)41)29(31(39)21-11-2-6-14-24(21)35)30(32(40)22-12-3-7-15-25(22)36)38(28)27-17-9-4-10-20(19)27/h2-18,28-30H,1H3,(H,37,41)/t28-,29-,30+,34+/m0/s1. The van der Waals surface area contributed by atoms with E-state index < -0.39 is 23.4 Å². The van der Waals surface area contributed by atoms with Crippen molar-refractivity contribution in [3.63, 3.8) is 0 Å². The Balaban J connectivity index is 1.58. The number of nitrogens with zero attached hydrogens (tertiary/aromatic N) is 1.